The average molecular weight is 483 g/mol. The second kappa shape index (κ2) is 7.22. The summed E-state index contributed by atoms with van der Waals surface area (Å²) in [5.41, 5.74) is 0.0201. The van der Waals surface area contributed by atoms with E-state index < -0.39 is 20.6 Å². The number of furan rings is 1. The fourth-order valence-electron chi connectivity index (χ4n) is 3.73. The van der Waals surface area contributed by atoms with Crippen LogP contribution in [0.5, 0.6) is 0 Å². The van der Waals surface area contributed by atoms with Gasteiger partial charge in [-0.3, -0.25) is 19.6 Å². The Kier molecular flexibility index (Phi) is 5.03. The molecule has 0 atom stereocenters. The summed E-state index contributed by atoms with van der Waals surface area (Å²) in [6.45, 7) is 3.93. The maximum atomic E-state index is 12.8. The maximum absolute atomic E-state index is 12.8. The lowest BCUT2D eigenvalue weighted by atomic mass is 9.76. The molecule has 0 radical (unpaired) electrons. The highest BCUT2D eigenvalue weighted by atomic mass is 35.5. The smallest absolute Gasteiger partial charge is 0.289 e. The van der Waals surface area contributed by atoms with Crippen LogP contribution in [0.15, 0.2) is 39.6 Å². The largest absolute Gasteiger partial charge is 0.459 e. The van der Waals surface area contributed by atoms with Crippen molar-refractivity contribution in [3.05, 3.63) is 61.8 Å². The fraction of sp³-hybridized carbons (Fsp3) is 0.250. The molecule has 8 nitrogen and oxygen atoms in total. The number of carbonyl (C=O) groups is 1. The molecule has 4 rings (SSSR count). The maximum Gasteiger partial charge on any atom is 0.289 e. The quantitative estimate of drug-likeness (QED) is 0.381. The van der Waals surface area contributed by atoms with Crippen molar-refractivity contribution in [2.75, 3.05) is 4.72 Å². The standard InChI is InChI=1S/C20H16Cl2N2O6S/c1-20(2)8-16(25)18-12-5-10(6-14(22)19(12)30-17(18)9-20)23-31(28,29)11-3-4-13(21)15(7-11)24(26)27/h3-7,23H,8-9H2,1-2H3. The molecule has 1 aromatic heterocycles. The molecule has 1 aliphatic carbocycles. The number of sulfonamides is 1. The zero-order valence-corrected chi connectivity index (χ0v) is 18.7. The fourth-order valence-corrected chi connectivity index (χ4v) is 5.23. The van der Waals surface area contributed by atoms with Crippen LogP contribution in [0.4, 0.5) is 11.4 Å². The third-order valence-electron chi connectivity index (χ3n) is 5.05. The number of hydrogen-bond acceptors (Lipinski definition) is 6. The normalized spacial score (nSPS) is 15.7. The van der Waals surface area contributed by atoms with Crippen molar-refractivity contribution in [3.8, 4) is 0 Å². The Morgan fingerprint density at radius 3 is 2.52 bits per heavy atom. The van der Waals surface area contributed by atoms with Gasteiger partial charge in [0.25, 0.3) is 15.7 Å². The van der Waals surface area contributed by atoms with Gasteiger partial charge in [0, 0.05) is 24.3 Å². The summed E-state index contributed by atoms with van der Waals surface area (Å²) >= 11 is 12.1. The van der Waals surface area contributed by atoms with Crippen LogP contribution in [0.3, 0.4) is 0 Å². The molecule has 0 spiro atoms. The molecule has 162 valence electrons. The number of hydrogen-bond donors (Lipinski definition) is 1. The zero-order valence-electron chi connectivity index (χ0n) is 16.4. The molecule has 1 heterocycles. The van der Waals surface area contributed by atoms with Crippen molar-refractivity contribution in [1.29, 1.82) is 0 Å². The van der Waals surface area contributed by atoms with Crippen molar-refractivity contribution >= 4 is 61.4 Å². The van der Waals surface area contributed by atoms with E-state index in [-0.39, 0.29) is 31.8 Å². The Balaban J connectivity index is 1.78. The van der Waals surface area contributed by atoms with E-state index >= 15 is 0 Å². The van der Waals surface area contributed by atoms with E-state index in [0.29, 0.717) is 35.1 Å². The minimum atomic E-state index is -4.20. The van der Waals surface area contributed by atoms with E-state index in [9.17, 15) is 23.3 Å². The number of ketones is 1. The van der Waals surface area contributed by atoms with Gasteiger partial charge in [-0.1, -0.05) is 37.0 Å². The first-order chi connectivity index (χ1) is 14.4. The summed E-state index contributed by atoms with van der Waals surface area (Å²) < 4.78 is 33.8. The lowest BCUT2D eigenvalue weighted by Crippen LogP contribution is -2.25. The van der Waals surface area contributed by atoms with Crippen LogP contribution in [0.25, 0.3) is 11.0 Å². The molecule has 1 aliphatic rings. The number of nitro groups is 1. The molecule has 0 aliphatic heterocycles. The second-order valence-electron chi connectivity index (χ2n) is 8.15. The number of carbonyl (C=O) groups excluding carboxylic acids is 1. The van der Waals surface area contributed by atoms with Gasteiger partial charge in [0.05, 0.1) is 26.1 Å². The molecule has 0 saturated carbocycles. The Bertz CT molecular complexity index is 1380. The third kappa shape index (κ3) is 3.88. The van der Waals surface area contributed by atoms with E-state index in [1.807, 2.05) is 13.8 Å². The first kappa shape index (κ1) is 21.6. The van der Waals surface area contributed by atoms with E-state index in [4.69, 9.17) is 27.6 Å². The van der Waals surface area contributed by atoms with Gasteiger partial charge in [-0.2, -0.15) is 0 Å². The molecule has 0 fully saturated rings. The van der Waals surface area contributed by atoms with Gasteiger partial charge >= 0.3 is 0 Å². The van der Waals surface area contributed by atoms with Crippen LogP contribution in [-0.2, 0) is 16.4 Å². The summed E-state index contributed by atoms with van der Waals surface area (Å²) in [4.78, 5) is 22.7. The summed E-state index contributed by atoms with van der Waals surface area (Å²) in [6, 6.07) is 5.99. The Hall–Kier alpha value is -2.62. The second-order valence-corrected chi connectivity index (χ2v) is 10.6. The number of benzene rings is 2. The van der Waals surface area contributed by atoms with Gasteiger partial charge in [0.2, 0.25) is 0 Å². The van der Waals surface area contributed by atoms with Crippen LogP contribution in [0.1, 0.15) is 36.4 Å². The monoisotopic (exact) mass is 482 g/mol. The molecular weight excluding hydrogens is 467 g/mol. The number of nitrogens with one attached hydrogen (secondary N) is 1. The summed E-state index contributed by atoms with van der Waals surface area (Å²) in [7, 11) is -4.20. The van der Waals surface area contributed by atoms with Gasteiger partial charge in [0.15, 0.2) is 11.4 Å². The van der Waals surface area contributed by atoms with Crippen molar-refractivity contribution < 1.29 is 22.6 Å². The SMILES string of the molecule is CC1(C)CC(=O)c2c(oc3c(Cl)cc(NS(=O)(=O)c4ccc(Cl)c([N+](=O)[O-])c4)cc23)C1. The third-order valence-corrected chi connectivity index (χ3v) is 7.03. The minimum absolute atomic E-state index is 0.0938. The van der Waals surface area contributed by atoms with Gasteiger partial charge in [0.1, 0.15) is 10.8 Å². The molecule has 0 bridgehead atoms. The van der Waals surface area contributed by atoms with E-state index in [2.05, 4.69) is 4.72 Å². The number of Topliss-reactive ketones (excluding diaryl/α,β-unsaturated/α-hetero) is 1. The minimum Gasteiger partial charge on any atom is -0.459 e. The van der Waals surface area contributed by atoms with E-state index in [1.165, 1.54) is 12.1 Å². The molecule has 1 N–H and O–H groups in total. The molecule has 0 amide bonds. The number of fused-ring (bicyclic) bond motifs is 3. The molecule has 0 unspecified atom stereocenters. The van der Waals surface area contributed by atoms with Crippen LogP contribution in [-0.4, -0.2) is 19.1 Å². The summed E-state index contributed by atoms with van der Waals surface area (Å²) in [5, 5.41) is 11.5. The number of halogens is 2. The molecule has 2 aromatic carbocycles. The lowest BCUT2D eigenvalue weighted by molar-refractivity contribution is -0.384. The number of nitrogens with zero attached hydrogens (tertiary/aromatic N) is 1. The average Bonchev–Trinajstić information content (AvgIpc) is 2.98. The van der Waals surface area contributed by atoms with Crippen LogP contribution >= 0.6 is 23.2 Å². The highest BCUT2D eigenvalue weighted by Gasteiger charge is 2.36. The summed E-state index contributed by atoms with van der Waals surface area (Å²) in [6.07, 6.45) is 0.880. The van der Waals surface area contributed by atoms with Crippen molar-refractivity contribution in [2.24, 2.45) is 5.41 Å². The van der Waals surface area contributed by atoms with Gasteiger partial charge in [-0.25, -0.2) is 8.42 Å². The molecule has 3 aromatic rings. The highest BCUT2D eigenvalue weighted by Crippen LogP contribution is 2.42. The van der Waals surface area contributed by atoms with Gasteiger partial charge in [-0.05, 0) is 29.7 Å². The Labute approximate surface area is 187 Å². The van der Waals surface area contributed by atoms with Crippen molar-refractivity contribution in [3.63, 3.8) is 0 Å². The topological polar surface area (TPSA) is 120 Å². The Morgan fingerprint density at radius 1 is 1.13 bits per heavy atom. The van der Waals surface area contributed by atoms with Crippen LogP contribution in [0.2, 0.25) is 10.0 Å². The van der Waals surface area contributed by atoms with E-state index in [0.717, 1.165) is 18.2 Å². The Morgan fingerprint density at radius 2 is 1.84 bits per heavy atom. The van der Waals surface area contributed by atoms with Gasteiger partial charge < -0.3 is 4.42 Å². The number of anilines is 1. The predicted molar refractivity (Wildman–Crippen MR) is 117 cm³/mol. The van der Waals surface area contributed by atoms with Gasteiger partial charge in [-0.15, -0.1) is 0 Å². The molecular formula is C20H16Cl2N2O6S. The molecule has 31 heavy (non-hydrogen) atoms. The first-order valence-electron chi connectivity index (χ1n) is 9.13. The van der Waals surface area contributed by atoms with Crippen molar-refractivity contribution in [1.82, 2.24) is 0 Å². The summed E-state index contributed by atoms with van der Waals surface area (Å²) in [5.74, 6) is 0.417. The van der Waals surface area contributed by atoms with Crippen LogP contribution in [0, 0.1) is 15.5 Å². The number of nitro benzene ring substituents is 1. The lowest BCUT2D eigenvalue weighted by Gasteiger charge is -2.27. The van der Waals surface area contributed by atoms with Crippen molar-refractivity contribution in [2.45, 2.75) is 31.6 Å². The molecule has 0 saturated heterocycles. The predicted octanol–water partition coefficient (Wildman–Crippen LogP) is 5.60. The number of rotatable bonds is 4. The van der Waals surface area contributed by atoms with Crippen LogP contribution < -0.4 is 4.72 Å². The highest BCUT2D eigenvalue weighted by molar-refractivity contribution is 7.92. The first-order valence-corrected chi connectivity index (χ1v) is 11.4. The van der Waals surface area contributed by atoms with E-state index in [1.54, 1.807) is 0 Å². The zero-order chi connectivity index (χ0) is 22.7. The molecule has 11 heteroatoms.